The molecule has 4 atom stereocenters. The van der Waals surface area contributed by atoms with Crippen LogP contribution in [0.25, 0.3) is 11.0 Å². The van der Waals surface area contributed by atoms with Crippen LogP contribution >= 0.6 is 0 Å². The number of esters is 2. The van der Waals surface area contributed by atoms with E-state index in [1.165, 1.54) is 0 Å². The average Bonchev–Trinajstić information content (AvgIpc) is 3.69. The van der Waals surface area contributed by atoms with Gasteiger partial charge in [-0.1, -0.05) is 50.3 Å². The summed E-state index contributed by atoms with van der Waals surface area (Å²) >= 11 is 0. The lowest BCUT2D eigenvalue weighted by Gasteiger charge is -2.38. The molecule has 2 aliphatic carbocycles. The molecule has 3 amide bonds. The first kappa shape index (κ1) is 40.0. The molecule has 2 aromatic rings. The quantitative estimate of drug-likeness (QED) is 0.190. The third kappa shape index (κ3) is 9.32. The van der Waals surface area contributed by atoms with Gasteiger partial charge in [0.2, 0.25) is 24.4 Å². The molecule has 12 nitrogen and oxygen atoms in total. The van der Waals surface area contributed by atoms with E-state index in [0.717, 1.165) is 32.1 Å². The fourth-order valence-electron chi connectivity index (χ4n) is 8.50. The van der Waals surface area contributed by atoms with Gasteiger partial charge >= 0.3 is 18.0 Å². The van der Waals surface area contributed by atoms with Crippen molar-refractivity contribution in [2.45, 2.75) is 129 Å². The Morgan fingerprint density at radius 3 is 2.21 bits per heavy atom. The number of fused-ring (bicyclic) bond motifs is 1. The number of amides is 3. The Balaban J connectivity index is 1.45. The molecule has 1 aliphatic heterocycles. The highest BCUT2D eigenvalue weighted by molar-refractivity contribution is 5.98. The highest BCUT2D eigenvalue weighted by Gasteiger charge is 2.53. The first-order chi connectivity index (χ1) is 25.0. The van der Waals surface area contributed by atoms with Gasteiger partial charge in [-0.2, -0.15) is 0 Å². The van der Waals surface area contributed by atoms with Gasteiger partial charge in [0.05, 0.1) is 17.5 Å². The molecule has 2 unspecified atom stereocenters. The topological polar surface area (TPSA) is 167 Å². The van der Waals surface area contributed by atoms with Crippen molar-refractivity contribution in [3.05, 3.63) is 35.6 Å². The van der Waals surface area contributed by atoms with Gasteiger partial charge in [-0.15, -0.1) is 0 Å². The van der Waals surface area contributed by atoms with Gasteiger partial charge in [0, 0.05) is 16.9 Å². The molecule has 3 N–H and O–H groups in total. The monoisotopic (exact) mass is 741 g/mol. The van der Waals surface area contributed by atoms with E-state index >= 15 is 0 Å². The van der Waals surface area contributed by atoms with Crippen molar-refractivity contribution < 1.29 is 47.0 Å². The van der Waals surface area contributed by atoms with Gasteiger partial charge in [0.25, 0.3) is 0 Å². The molecule has 53 heavy (non-hydrogen) atoms. The highest BCUT2D eigenvalue weighted by Crippen LogP contribution is 2.51. The molecule has 0 spiro atoms. The lowest BCUT2D eigenvalue weighted by atomic mass is 9.75. The number of hydrogen-bond donors (Lipinski definition) is 2. The Morgan fingerprint density at radius 1 is 0.943 bits per heavy atom. The fourth-order valence-corrected chi connectivity index (χ4v) is 8.50. The number of primary amides is 1. The summed E-state index contributed by atoms with van der Waals surface area (Å²) in [5, 5.41) is 3.27. The number of carbonyl (C=O) groups excluding carboxylic acids is 5. The number of alkyl halides is 1. The summed E-state index contributed by atoms with van der Waals surface area (Å²) in [4.78, 5) is 68.5. The predicted octanol–water partition coefficient (Wildman–Crippen LogP) is 7.13. The minimum absolute atomic E-state index is 0.129. The first-order valence-corrected chi connectivity index (χ1v) is 19.0. The predicted molar refractivity (Wildman–Crippen MR) is 194 cm³/mol. The highest BCUT2D eigenvalue weighted by atomic mass is 19.1. The number of nitrogens with two attached hydrogens (primary N) is 1. The number of halogens is 1. The minimum Gasteiger partial charge on any atom is -0.449 e. The number of hydrogen-bond acceptors (Lipinski definition) is 9. The molecule has 0 radical (unpaired) electrons. The zero-order chi connectivity index (χ0) is 38.7. The lowest BCUT2D eigenvalue weighted by Crippen LogP contribution is -2.51. The number of nitrogens with one attached hydrogen (secondary N) is 1. The second-order valence-electron chi connectivity index (χ2n) is 17.0. The number of likely N-dealkylation sites (tertiary alicyclic amines) is 1. The zero-order valence-electron chi connectivity index (χ0n) is 31.9. The van der Waals surface area contributed by atoms with Crippen molar-refractivity contribution in [1.29, 1.82) is 0 Å². The summed E-state index contributed by atoms with van der Waals surface area (Å²) in [6, 6.07) is 4.69. The molecule has 292 valence electrons. The molecule has 0 bridgehead atoms. The van der Waals surface area contributed by atoms with E-state index in [2.05, 4.69) is 5.32 Å². The maximum absolute atomic E-state index is 14.8. The maximum atomic E-state index is 14.8. The van der Waals surface area contributed by atoms with Crippen molar-refractivity contribution in [3.63, 3.8) is 0 Å². The molecule has 3 fully saturated rings. The minimum atomic E-state index is -0.911. The molecular formula is C40H56FN3O9. The van der Waals surface area contributed by atoms with Crippen molar-refractivity contribution in [2.75, 3.05) is 13.5 Å². The van der Waals surface area contributed by atoms with Crippen molar-refractivity contribution >= 4 is 40.8 Å². The van der Waals surface area contributed by atoms with E-state index in [9.17, 15) is 28.4 Å². The number of carbonyl (C=O) groups is 5. The van der Waals surface area contributed by atoms with Crippen LogP contribution in [-0.2, 0) is 28.6 Å². The van der Waals surface area contributed by atoms with E-state index in [-0.39, 0.29) is 29.4 Å². The summed E-state index contributed by atoms with van der Waals surface area (Å²) in [6.45, 7) is 8.87. The number of benzene rings is 1. The molecule has 2 heterocycles. The summed E-state index contributed by atoms with van der Waals surface area (Å²) in [5.41, 5.74) is 5.48. The summed E-state index contributed by atoms with van der Waals surface area (Å²) in [5.74, 6) is -3.17. The molecule has 2 saturated carbocycles. The molecule has 13 heteroatoms. The second kappa shape index (κ2) is 16.5. The third-order valence-electron chi connectivity index (χ3n) is 11.0. The van der Waals surface area contributed by atoms with Crippen LogP contribution in [0, 0.1) is 29.1 Å². The van der Waals surface area contributed by atoms with Gasteiger partial charge in [-0.25, -0.2) is 14.0 Å². The summed E-state index contributed by atoms with van der Waals surface area (Å²) in [7, 11) is 0. The average molecular weight is 742 g/mol. The number of furan rings is 1. The molecule has 3 aliphatic rings. The standard InChI is InChI=1S/C40H56FN3O9/c1-39(2,3)37(48)51-22-50-36(47)33-31(26-14-10-11-15-30(26)52-33)29-20-27(23-12-8-7-9-13-23)32(34(42)45)44(29)35(46)25-18-16-24(17-19-25)28(21-41)43-38(49)53-40(4,5)6/h10-11,14-15,23-25,27-29,32H,7-9,12-13,16-22H2,1-6H3,(H2,42,45)(H,43,49)/t24?,25?,27-,28?,29?,32-/m0/s1. The second-order valence-corrected chi connectivity index (χ2v) is 17.0. The molecule has 1 aromatic carbocycles. The zero-order valence-corrected chi connectivity index (χ0v) is 31.9. The Morgan fingerprint density at radius 2 is 1.60 bits per heavy atom. The van der Waals surface area contributed by atoms with Gasteiger partial charge in [-0.3, -0.25) is 14.4 Å². The van der Waals surface area contributed by atoms with Gasteiger partial charge in [0.1, 0.15) is 23.9 Å². The van der Waals surface area contributed by atoms with Gasteiger partial charge < -0.3 is 34.6 Å². The van der Waals surface area contributed by atoms with Crippen LogP contribution in [0.5, 0.6) is 0 Å². The fraction of sp³-hybridized carbons (Fsp3) is 0.675. The van der Waals surface area contributed by atoms with E-state index in [1.54, 1.807) is 70.7 Å². The Kier molecular flexibility index (Phi) is 12.4. The van der Waals surface area contributed by atoms with Crippen LogP contribution in [0.15, 0.2) is 28.7 Å². The summed E-state index contributed by atoms with van der Waals surface area (Å²) < 4.78 is 36.3. The number of ether oxygens (including phenoxy) is 3. The largest absolute Gasteiger partial charge is 0.449 e. The van der Waals surface area contributed by atoms with E-state index < -0.39 is 72.5 Å². The van der Waals surface area contributed by atoms with Crippen LogP contribution in [0.2, 0.25) is 0 Å². The normalized spacial score (nSPS) is 24.7. The van der Waals surface area contributed by atoms with Gasteiger partial charge in [0.15, 0.2) is 0 Å². The number of para-hydroxylation sites is 1. The van der Waals surface area contributed by atoms with Crippen LogP contribution in [0.4, 0.5) is 9.18 Å². The van der Waals surface area contributed by atoms with E-state index in [1.807, 2.05) is 0 Å². The SMILES string of the molecule is CC(C)(C)OC(=O)NC(CF)C1CCC(C(=O)N2C(c3c(C(=O)OCOC(=O)C(C)(C)C)oc4ccccc34)C[C@@H](C3CCCCC3)[C@H]2C(N)=O)CC1. The van der Waals surface area contributed by atoms with Gasteiger partial charge in [-0.05, 0) is 97.5 Å². The number of rotatable bonds is 10. The van der Waals surface area contributed by atoms with Crippen LogP contribution in [0.1, 0.15) is 128 Å². The molecule has 1 saturated heterocycles. The number of nitrogens with zero attached hydrogens (tertiary/aromatic N) is 1. The van der Waals surface area contributed by atoms with Crippen molar-refractivity contribution in [2.24, 2.45) is 34.8 Å². The van der Waals surface area contributed by atoms with E-state index in [0.29, 0.717) is 48.6 Å². The smallest absolute Gasteiger partial charge is 0.407 e. The Bertz CT molecular complexity index is 1650. The van der Waals surface area contributed by atoms with Crippen LogP contribution < -0.4 is 11.1 Å². The van der Waals surface area contributed by atoms with E-state index in [4.69, 9.17) is 24.4 Å². The Hall–Kier alpha value is -4.16. The summed E-state index contributed by atoms with van der Waals surface area (Å²) in [6.07, 6.45) is 6.44. The molecular weight excluding hydrogens is 685 g/mol. The molecule has 5 rings (SSSR count). The Labute approximate surface area is 311 Å². The lowest BCUT2D eigenvalue weighted by molar-refractivity contribution is -0.161. The van der Waals surface area contributed by atoms with Crippen LogP contribution in [-0.4, -0.2) is 65.9 Å². The van der Waals surface area contributed by atoms with Crippen molar-refractivity contribution in [3.8, 4) is 0 Å². The maximum Gasteiger partial charge on any atom is 0.407 e. The van der Waals surface area contributed by atoms with Crippen molar-refractivity contribution in [1.82, 2.24) is 10.2 Å². The number of alkyl carbamates (subject to hydrolysis) is 1. The third-order valence-corrected chi connectivity index (χ3v) is 11.0. The first-order valence-electron chi connectivity index (χ1n) is 19.0. The van der Waals surface area contributed by atoms with Crippen LogP contribution in [0.3, 0.4) is 0 Å². The molecule has 1 aromatic heterocycles.